The maximum atomic E-state index is 5.91. The fourth-order valence-corrected chi connectivity index (χ4v) is 3.13. The Balaban J connectivity index is 1.76. The highest BCUT2D eigenvalue weighted by Gasteiger charge is 2.23. The van der Waals surface area contributed by atoms with Crippen molar-refractivity contribution in [1.82, 2.24) is 20.4 Å². The SMILES string of the molecule is CC(c1noc(-c2ccc(Cl)s2)n1)N1CCNCC1. The maximum absolute atomic E-state index is 5.91. The monoisotopic (exact) mass is 298 g/mol. The van der Waals surface area contributed by atoms with E-state index in [1.54, 1.807) is 0 Å². The molecule has 1 aliphatic heterocycles. The molecule has 19 heavy (non-hydrogen) atoms. The lowest BCUT2D eigenvalue weighted by molar-refractivity contribution is 0.176. The summed E-state index contributed by atoms with van der Waals surface area (Å²) >= 11 is 7.36. The minimum absolute atomic E-state index is 0.176. The van der Waals surface area contributed by atoms with Crippen LogP contribution in [0.15, 0.2) is 16.7 Å². The molecule has 3 rings (SSSR count). The molecule has 2 aromatic rings. The average Bonchev–Trinajstić information content (AvgIpc) is 3.07. The second-order valence-corrected chi connectivity index (χ2v) is 6.24. The van der Waals surface area contributed by atoms with Crippen molar-refractivity contribution in [2.45, 2.75) is 13.0 Å². The molecule has 7 heteroatoms. The summed E-state index contributed by atoms with van der Waals surface area (Å²) in [5.41, 5.74) is 0. The van der Waals surface area contributed by atoms with Gasteiger partial charge in [-0.05, 0) is 19.1 Å². The third-order valence-electron chi connectivity index (χ3n) is 3.30. The third kappa shape index (κ3) is 2.81. The molecule has 0 aliphatic carbocycles. The van der Waals surface area contributed by atoms with Gasteiger partial charge in [-0.15, -0.1) is 11.3 Å². The standard InChI is InChI=1S/C12H15ClN4OS/c1-8(17-6-4-14-5-7-17)11-15-12(18-16-11)9-2-3-10(13)19-9/h2-3,8,14H,4-7H2,1H3. The number of hydrogen-bond donors (Lipinski definition) is 1. The van der Waals surface area contributed by atoms with Gasteiger partial charge in [0.05, 0.1) is 15.3 Å². The second kappa shape index (κ2) is 5.58. The Morgan fingerprint density at radius 2 is 2.21 bits per heavy atom. The highest BCUT2D eigenvalue weighted by Crippen LogP contribution is 2.30. The third-order valence-corrected chi connectivity index (χ3v) is 4.52. The first kappa shape index (κ1) is 13.1. The first-order valence-electron chi connectivity index (χ1n) is 6.28. The Bertz CT molecular complexity index is 549. The van der Waals surface area contributed by atoms with E-state index < -0.39 is 0 Å². The molecule has 0 aromatic carbocycles. The Kier molecular flexibility index (Phi) is 3.83. The normalized spacial score (nSPS) is 18.6. The van der Waals surface area contributed by atoms with Gasteiger partial charge in [-0.2, -0.15) is 4.98 Å². The van der Waals surface area contributed by atoms with Gasteiger partial charge in [-0.1, -0.05) is 16.8 Å². The molecule has 1 unspecified atom stereocenters. The van der Waals surface area contributed by atoms with Gasteiger partial charge in [0, 0.05) is 26.2 Å². The number of halogens is 1. The largest absolute Gasteiger partial charge is 0.333 e. The van der Waals surface area contributed by atoms with Crippen LogP contribution in [0.25, 0.3) is 10.8 Å². The van der Waals surface area contributed by atoms with Gasteiger partial charge >= 0.3 is 0 Å². The van der Waals surface area contributed by atoms with Gasteiger partial charge in [0.1, 0.15) is 0 Å². The summed E-state index contributed by atoms with van der Waals surface area (Å²) in [5.74, 6) is 1.29. The molecule has 102 valence electrons. The summed E-state index contributed by atoms with van der Waals surface area (Å²) in [4.78, 5) is 7.75. The molecule has 2 aromatic heterocycles. The van der Waals surface area contributed by atoms with Gasteiger partial charge in [0.2, 0.25) is 0 Å². The van der Waals surface area contributed by atoms with Crippen LogP contribution in [0, 0.1) is 0 Å². The van der Waals surface area contributed by atoms with Gasteiger partial charge in [-0.25, -0.2) is 0 Å². The van der Waals surface area contributed by atoms with Crippen LogP contribution in [-0.2, 0) is 0 Å². The van der Waals surface area contributed by atoms with Crippen molar-refractivity contribution in [3.63, 3.8) is 0 Å². The van der Waals surface area contributed by atoms with Crippen LogP contribution in [0.5, 0.6) is 0 Å². The molecule has 1 fully saturated rings. The molecule has 5 nitrogen and oxygen atoms in total. The molecule has 1 N–H and O–H groups in total. The van der Waals surface area contributed by atoms with E-state index in [9.17, 15) is 0 Å². The van der Waals surface area contributed by atoms with Crippen LogP contribution < -0.4 is 5.32 Å². The summed E-state index contributed by atoms with van der Waals surface area (Å²) in [6.07, 6.45) is 0. The van der Waals surface area contributed by atoms with Gasteiger partial charge in [0.15, 0.2) is 5.82 Å². The van der Waals surface area contributed by atoms with Crippen LogP contribution >= 0.6 is 22.9 Å². The highest BCUT2D eigenvalue weighted by molar-refractivity contribution is 7.19. The Hall–Kier alpha value is -0.950. The highest BCUT2D eigenvalue weighted by atomic mass is 35.5. The van der Waals surface area contributed by atoms with E-state index in [4.69, 9.17) is 16.1 Å². The molecule has 0 bridgehead atoms. The van der Waals surface area contributed by atoms with Gasteiger partial charge < -0.3 is 9.84 Å². The van der Waals surface area contributed by atoms with E-state index in [1.165, 1.54) is 11.3 Å². The molecular weight excluding hydrogens is 284 g/mol. The van der Waals surface area contributed by atoms with Crippen LogP contribution in [-0.4, -0.2) is 41.2 Å². The van der Waals surface area contributed by atoms with Crippen LogP contribution in [0.4, 0.5) is 0 Å². The van der Waals surface area contributed by atoms with Crippen LogP contribution in [0.3, 0.4) is 0 Å². The lowest BCUT2D eigenvalue weighted by atomic mass is 10.2. The first-order valence-corrected chi connectivity index (χ1v) is 7.47. The summed E-state index contributed by atoms with van der Waals surface area (Å²) in [6.45, 7) is 6.15. The van der Waals surface area contributed by atoms with Crippen molar-refractivity contribution in [3.05, 3.63) is 22.3 Å². The Morgan fingerprint density at radius 3 is 2.89 bits per heavy atom. The van der Waals surface area contributed by atoms with E-state index in [0.717, 1.165) is 41.2 Å². The van der Waals surface area contributed by atoms with Crippen LogP contribution in [0.2, 0.25) is 4.34 Å². The number of hydrogen-bond acceptors (Lipinski definition) is 6. The maximum Gasteiger partial charge on any atom is 0.268 e. The first-order chi connectivity index (χ1) is 9.24. The zero-order valence-corrected chi connectivity index (χ0v) is 12.2. The quantitative estimate of drug-likeness (QED) is 0.943. The summed E-state index contributed by atoms with van der Waals surface area (Å²) in [5, 5.41) is 7.43. The van der Waals surface area contributed by atoms with Crippen molar-refractivity contribution in [2.75, 3.05) is 26.2 Å². The fraction of sp³-hybridized carbons (Fsp3) is 0.500. The molecule has 1 atom stereocenters. The number of nitrogens with zero attached hydrogens (tertiary/aromatic N) is 3. The minimum Gasteiger partial charge on any atom is -0.333 e. The van der Waals surface area contributed by atoms with E-state index in [-0.39, 0.29) is 6.04 Å². The van der Waals surface area contributed by atoms with E-state index in [1.807, 2.05) is 12.1 Å². The van der Waals surface area contributed by atoms with Gasteiger partial charge in [0.25, 0.3) is 5.89 Å². The van der Waals surface area contributed by atoms with Crippen molar-refractivity contribution in [3.8, 4) is 10.8 Å². The minimum atomic E-state index is 0.176. The number of rotatable bonds is 3. The van der Waals surface area contributed by atoms with Gasteiger partial charge in [-0.3, -0.25) is 4.90 Å². The fourth-order valence-electron chi connectivity index (χ4n) is 2.17. The zero-order chi connectivity index (χ0) is 13.2. The summed E-state index contributed by atoms with van der Waals surface area (Å²) in [7, 11) is 0. The molecule has 1 saturated heterocycles. The Labute approximate surface area is 120 Å². The lowest BCUT2D eigenvalue weighted by Crippen LogP contribution is -2.44. The van der Waals surface area contributed by atoms with E-state index in [2.05, 4.69) is 27.3 Å². The van der Waals surface area contributed by atoms with Crippen molar-refractivity contribution in [1.29, 1.82) is 0 Å². The smallest absolute Gasteiger partial charge is 0.268 e. The van der Waals surface area contributed by atoms with Crippen molar-refractivity contribution in [2.24, 2.45) is 0 Å². The molecular formula is C12H15ClN4OS. The van der Waals surface area contributed by atoms with Crippen molar-refractivity contribution >= 4 is 22.9 Å². The number of nitrogens with one attached hydrogen (secondary N) is 1. The second-order valence-electron chi connectivity index (χ2n) is 4.52. The van der Waals surface area contributed by atoms with Crippen molar-refractivity contribution < 1.29 is 4.52 Å². The number of thiophene rings is 1. The Morgan fingerprint density at radius 1 is 1.42 bits per heavy atom. The number of aromatic nitrogens is 2. The van der Waals surface area contributed by atoms with Crippen LogP contribution in [0.1, 0.15) is 18.8 Å². The zero-order valence-electron chi connectivity index (χ0n) is 10.6. The molecule has 1 aliphatic rings. The molecule has 0 radical (unpaired) electrons. The molecule has 0 spiro atoms. The predicted molar refractivity (Wildman–Crippen MR) is 75.5 cm³/mol. The average molecular weight is 299 g/mol. The predicted octanol–water partition coefficient (Wildman–Crippen LogP) is 2.42. The van der Waals surface area contributed by atoms with E-state index >= 15 is 0 Å². The summed E-state index contributed by atoms with van der Waals surface area (Å²) < 4.78 is 6.05. The number of piperazine rings is 1. The summed E-state index contributed by atoms with van der Waals surface area (Å²) in [6, 6.07) is 3.92. The molecule has 0 amide bonds. The van der Waals surface area contributed by atoms with E-state index in [0.29, 0.717) is 5.89 Å². The molecule has 3 heterocycles. The topological polar surface area (TPSA) is 54.2 Å². The molecule has 0 saturated carbocycles. The lowest BCUT2D eigenvalue weighted by Gasteiger charge is -2.30.